The number of rotatable bonds is 4. The van der Waals surface area contributed by atoms with Gasteiger partial charge in [-0.1, -0.05) is 12.1 Å². The third kappa shape index (κ3) is 4.69. The molecule has 2 aromatic carbocycles. The van der Waals surface area contributed by atoms with E-state index in [4.69, 9.17) is 9.47 Å². The monoisotopic (exact) mass is 362 g/mol. The molecule has 0 aliphatic heterocycles. The topological polar surface area (TPSA) is 90.7 Å². The highest BCUT2D eigenvalue weighted by molar-refractivity contribution is 5.90. The molecular weight excluding hydrogens is 343 g/mol. The molecule has 8 heteroatoms. The molecule has 0 unspecified atom stereocenters. The number of nitro groups is 1. The highest BCUT2D eigenvalue weighted by Gasteiger charge is 2.23. The standard InChI is InChI=1S/C18H19FN2O5/c1-18(2,3)26-17(22)20-14-10-16(25-4)13(9-15(14)21(23)24)11-5-7-12(19)8-6-11/h5-10H,1-4H3,(H,20,22). The number of halogens is 1. The molecule has 138 valence electrons. The van der Waals surface area contributed by atoms with Crippen LogP contribution in [0.1, 0.15) is 20.8 Å². The van der Waals surface area contributed by atoms with Crippen molar-refractivity contribution < 1.29 is 23.6 Å². The summed E-state index contributed by atoms with van der Waals surface area (Å²) in [5, 5.41) is 13.8. The van der Waals surface area contributed by atoms with Gasteiger partial charge in [-0.05, 0) is 38.5 Å². The molecule has 0 radical (unpaired) electrons. The van der Waals surface area contributed by atoms with Crippen molar-refractivity contribution in [3.05, 3.63) is 52.3 Å². The van der Waals surface area contributed by atoms with E-state index in [1.807, 2.05) is 0 Å². The van der Waals surface area contributed by atoms with Crippen LogP contribution in [-0.2, 0) is 4.74 Å². The highest BCUT2D eigenvalue weighted by Crippen LogP contribution is 2.38. The average Bonchev–Trinajstić information content (AvgIpc) is 2.53. The Hall–Kier alpha value is -3.16. The van der Waals surface area contributed by atoms with E-state index in [0.717, 1.165) is 0 Å². The molecule has 0 aliphatic carbocycles. The van der Waals surface area contributed by atoms with E-state index < -0.39 is 22.4 Å². The van der Waals surface area contributed by atoms with Crippen molar-refractivity contribution >= 4 is 17.5 Å². The number of carbonyl (C=O) groups excluding carboxylic acids is 1. The zero-order chi connectivity index (χ0) is 19.5. The van der Waals surface area contributed by atoms with Gasteiger partial charge in [-0.15, -0.1) is 0 Å². The molecular formula is C18H19FN2O5. The van der Waals surface area contributed by atoms with Gasteiger partial charge in [0.15, 0.2) is 0 Å². The van der Waals surface area contributed by atoms with Crippen molar-refractivity contribution in [2.45, 2.75) is 26.4 Å². The lowest BCUT2D eigenvalue weighted by molar-refractivity contribution is -0.383. The molecule has 0 heterocycles. The number of hydrogen-bond acceptors (Lipinski definition) is 5. The molecule has 0 spiro atoms. The van der Waals surface area contributed by atoms with Crippen molar-refractivity contribution in [3.8, 4) is 16.9 Å². The first-order valence-corrected chi connectivity index (χ1v) is 7.73. The van der Waals surface area contributed by atoms with Gasteiger partial charge in [-0.25, -0.2) is 9.18 Å². The number of carbonyl (C=O) groups is 1. The summed E-state index contributed by atoms with van der Waals surface area (Å²) in [6.07, 6.45) is -0.822. The maximum absolute atomic E-state index is 13.1. The van der Waals surface area contributed by atoms with Gasteiger partial charge in [0.25, 0.3) is 5.69 Å². The Labute approximate surface area is 149 Å². The molecule has 1 amide bonds. The van der Waals surface area contributed by atoms with Gasteiger partial charge in [0, 0.05) is 17.7 Å². The molecule has 0 aliphatic rings. The fourth-order valence-electron chi connectivity index (χ4n) is 2.26. The summed E-state index contributed by atoms with van der Waals surface area (Å²) >= 11 is 0. The summed E-state index contributed by atoms with van der Waals surface area (Å²) in [7, 11) is 1.39. The number of nitro benzene ring substituents is 1. The summed E-state index contributed by atoms with van der Waals surface area (Å²) in [5.41, 5.74) is -0.219. The minimum atomic E-state index is -0.822. The second-order valence-corrected chi connectivity index (χ2v) is 6.46. The summed E-state index contributed by atoms with van der Waals surface area (Å²) in [6, 6.07) is 8.05. The van der Waals surface area contributed by atoms with Crippen LogP contribution in [0.4, 0.5) is 20.6 Å². The largest absolute Gasteiger partial charge is 0.496 e. The van der Waals surface area contributed by atoms with E-state index in [-0.39, 0.29) is 17.1 Å². The van der Waals surface area contributed by atoms with Crippen molar-refractivity contribution in [1.29, 1.82) is 0 Å². The SMILES string of the molecule is COc1cc(NC(=O)OC(C)(C)C)c([N+](=O)[O-])cc1-c1ccc(F)cc1. The fraction of sp³-hybridized carbons (Fsp3) is 0.278. The molecule has 26 heavy (non-hydrogen) atoms. The maximum atomic E-state index is 13.1. The number of nitrogens with zero attached hydrogens (tertiary/aromatic N) is 1. The van der Waals surface area contributed by atoms with Crippen LogP contribution in [0.5, 0.6) is 5.75 Å². The number of benzene rings is 2. The zero-order valence-electron chi connectivity index (χ0n) is 14.8. The van der Waals surface area contributed by atoms with E-state index in [1.54, 1.807) is 20.8 Å². The first-order valence-electron chi connectivity index (χ1n) is 7.73. The van der Waals surface area contributed by atoms with Crippen molar-refractivity contribution in [1.82, 2.24) is 0 Å². The van der Waals surface area contributed by atoms with E-state index in [2.05, 4.69) is 5.32 Å². The first kappa shape index (κ1) is 19.2. The van der Waals surface area contributed by atoms with E-state index >= 15 is 0 Å². The van der Waals surface area contributed by atoms with Gasteiger partial charge in [0.1, 0.15) is 22.9 Å². The van der Waals surface area contributed by atoms with Gasteiger partial charge in [0.05, 0.1) is 12.0 Å². The first-order chi connectivity index (χ1) is 12.1. The summed E-state index contributed by atoms with van der Waals surface area (Å²) < 4.78 is 23.5. The molecule has 1 N–H and O–H groups in total. The van der Waals surface area contributed by atoms with Gasteiger partial charge < -0.3 is 9.47 Å². The Bertz CT molecular complexity index is 829. The van der Waals surface area contributed by atoms with Gasteiger partial charge in [-0.2, -0.15) is 0 Å². The molecule has 0 aromatic heterocycles. The lowest BCUT2D eigenvalue weighted by atomic mass is 10.0. The number of anilines is 1. The van der Waals surface area contributed by atoms with Crippen LogP contribution >= 0.6 is 0 Å². The van der Waals surface area contributed by atoms with Crippen LogP contribution in [0.25, 0.3) is 11.1 Å². The smallest absolute Gasteiger partial charge is 0.412 e. The zero-order valence-corrected chi connectivity index (χ0v) is 14.8. The average molecular weight is 362 g/mol. The lowest BCUT2D eigenvalue weighted by Gasteiger charge is -2.20. The van der Waals surface area contributed by atoms with Crippen molar-refractivity contribution in [3.63, 3.8) is 0 Å². The predicted octanol–water partition coefficient (Wildman–Crippen LogP) is 4.76. The summed E-state index contributed by atoms with van der Waals surface area (Å²) in [4.78, 5) is 22.8. The highest BCUT2D eigenvalue weighted by atomic mass is 19.1. The Kier molecular flexibility index (Phi) is 5.44. The summed E-state index contributed by atoms with van der Waals surface area (Å²) in [5.74, 6) is -0.140. The second kappa shape index (κ2) is 7.38. The Morgan fingerprint density at radius 2 is 1.81 bits per heavy atom. The third-order valence-electron chi connectivity index (χ3n) is 3.31. The normalized spacial score (nSPS) is 11.0. The van der Waals surface area contributed by atoms with Crippen LogP contribution < -0.4 is 10.1 Å². The van der Waals surface area contributed by atoms with Crippen molar-refractivity contribution in [2.24, 2.45) is 0 Å². The van der Waals surface area contributed by atoms with Gasteiger partial charge >= 0.3 is 6.09 Å². The minimum absolute atomic E-state index is 0.0630. The van der Waals surface area contributed by atoms with Crippen molar-refractivity contribution in [2.75, 3.05) is 12.4 Å². The Morgan fingerprint density at radius 3 is 2.31 bits per heavy atom. The minimum Gasteiger partial charge on any atom is -0.496 e. The number of ether oxygens (including phenoxy) is 2. The van der Waals surface area contributed by atoms with Crippen LogP contribution in [0, 0.1) is 15.9 Å². The van der Waals surface area contributed by atoms with Gasteiger partial charge in [0.2, 0.25) is 0 Å². The molecule has 7 nitrogen and oxygen atoms in total. The van der Waals surface area contributed by atoms with E-state index in [9.17, 15) is 19.3 Å². The maximum Gasteiger partial charge on any atom is 0.412 e. The number of nitrogens with one attached hydrogen (secondary N) is 1. The van der Waals surface area contributed by atoms with Crippen LogP contribution in [0.15, 0.2) is 36.4 Å². The van der Waals surface area contributed by atoms with E-state index in [0.29, 0.717) is 11.1 Å². The molecule has 0 fully saturated rings. The quantitative estimate of drug-likeness (QED) is 0.626. The summed E-state index contributed by atoms with van der Waals surface area (Å²) in [6.45, 7) is 5.04. The predicted molar refractivity (Wildman–Crippen MR) is 94.9 cm³/mol. The molecule has 0 atom stereocenters. The Morgan fingerprint density at radius 1 is 1.19 bits per heavy atom. The number of methoxy groups -OCH3 is 1. The lowest BCUT2D eigenvalue weighted by Crippen LogP contribution is -2.27. The molecule has 2 rings (SSSR count). The molecule has 2 aromatic rings. The van der Waals surface area contributed by atoms with Crippen LogP contribution in [-0.4, -0.2) is 23.7 Å². The van der Waals surface area contributed by atoms with E-state index in [1.165, 1.54) is 43.5 Å². The fourth-order valence-corrected chi connectivity index (χ4v) is 2.26. The van der Waals surface area contributed by atoms with Gasteiger partial charge in [-0.3, -0.25) is 15.4 Å². The molecule has 0 saturated carbocycles. The Balaban J connectivity index is 2.48. The number of hydrogen-bond donors (Lipinski definition) is 1. The van der Waals surface area contributed by atoms with Crippen LogP contribution in [0.2, 0.25) is 0 Å². The van der Waals surface area contributed by atoms with Crippen LogP contribution in [0.3, 0.4) is 0 Å². The third-order valence-corrected chi connectivity index (χ3v) is 3.31. The molecule has 0 saturated heterocycles. The number of amides is 1. The second-order valence-electron chi connectivity index (χ2n) is 6.46. The molecule has 0 bridgehead atoms.